The van der Waals surface area contributed by atoms with E-state index in [2.05, 4.69) is 21.8 Å². The zero-order chi connectivity index (χ0) is 25.8. The molecule has 1 unspecified atom stereocenters. The highest BCUT2D eigenvalue weighted by molar-refractivity contribution is 6.30. The summed E-state index contributed by atoms with van der Waals surface area (Å²) in [5.41, 5.74) is 3.93. The van der Waals surface area contributed by atoms with Crippen LogP contribution in [0.5, 0.6) is 0 Å². The van der Waals surface area contributed by atoms with Crippen molar-refractivity contribution in [2.75, 3.05) is 19.6 Å². The lowest BCUT2D eigenvalue weighted by atomic mass is 9.95. The van der Waals surface area contributed by atoms with Crippen LogP contribution in [0.15, 0.2) is 79.1 Å². The summed E-state index contributed by atoms with van der Waals surface area (Å²) in [5, 5.41) is 4.84. The van der Waals surface area contributed by atoms with E-state index in [0.29, 0.717) is 49.7 Å². The Morgan fingerprint density at radius 1 is 1.03 bits per heavy atom. The number of carbonyl (C=O) groups excluding carboxylic acids is 2. The van der Waals surface area contributed by atoms with Gasteiger partial charge in [-0.15, -0.1) is 0 Å². The fraction of sp³-hybridized carbons (Fsp3) is 0.300. The molecule has 0 saturated carbocycles. The van der Waals surface area contributed by atoms with Crippen molar-refractivity contribution < 1.29 is 9.59 Å². The first-order valence-corrected chi connectivity index (χ1v) is 13.2. The Morgan fingerprint density at radius 2 is 1.73 bits per heavy atom. The SMILES string of the molecule is CC(CNC(=O)C1CCN(C(=O)c2cc3ccccc3n2Cc2ccc(Cl)cc2)CC1)c1ccncc1. The van der Waals surface area contributed by atoms with E-state index in [1.165, 1.54) is 0 Å². The molecule has 0 spiro atoms. The Kier molecular flexibility index (Phi) is 7.56. The second-order valence-electron chi connectivity index (χ2n) is 9.79. The number of halogens is 1. The number of hydrogen-bond donors (Lipinski definition) is 1. The van der Waals surface area contributed by atoms with E-state index in [1.807, 2.05) is 71.6 Å². The second kappa shape index (κ2) is 11.2. The predicted molar refractivity (Wildman–Crippen MR) is 147 cm³/mol. The molecule has 5 rings (SSSR count). The number of amides is 2. The number of nitrogens with zero attached hydrogens (tertiary/aromatic N) is 3. The average molecular weight is 515 g/mol. The fourth-order valence-corrected chi connectivity index (χ4v) is 5.17. The number of piperidine rings is 1. The Bertz CT molecular complexity index is 1380. The van der Waals surface area contributed by atoms with Gasteiger partial charge in [0.25, 0.3) is 5.91 Å². The molecule has 2 aromatic heterocycles. The van der Waals surface area contributed by atoms with Crippen molar-refractivity contribution in [3.8, 4) is 0 Å². The van der Waals surface area contributed by atoms with Crippen LogP contribution >= 0.6 is 11.6 Å². The molecule has 4 aromatic rings. The second-order valence-corrected chi connectivity index (χ2v) is 10.2. The lowest BCUT2D eigenvalue weighted by Crippen LogP contribution is -2.44. The first-order valence-electron chi connectivity index (χ1n) is 12.8. The number of rotatable bonds is 7. The lowest BCUT2D eigenvalue weighted by Gasteiger charge is -2.32. The van der Waals surface area contributed by atoms with Gasteiger partial charge in [0.2, 0.25) is 5.91 Å². The number of para-hydroxylation sites is 1. The molecule has 6 nitrogen and oxygen atoms in total. The van der Waals surface area contributed by atoms with Gasteiger partial charge in [0.05, 0.1) is 0 Å². The summed E-state index contributed by atoms with van der Waals surface area (Å²) in [7, 11) is 0. The summed E-state index contributed by atoms with van der Waals surface area (Å²) >= 11 is 6.07. The van der Waals surface area contributed by atoms with Gasteiger partial charge in [0.15, 0.2) is 0 Å². The quantitative estimate of drug-likeness (QED) is 0.353. The molecule has 3 heterocycles. The molecular weight excluding hydrogens is 484 g/mol. The van der Waals surface area contributed by atoms with Gasteiger partial charge >= 0.3 is 0 Å². The van der Waals surface area contributed by atoms with Crippen molar-refractivity contribution in [2.24, 2.45) is 5.92 Å². The van der Waals surface area contributed by atoms with Crippen LogP contribution in [0.1, 0.15) is 47.3 Å². The molecule has 0 radical (unpaired) electrons. The number of nitrogens with one attached hydrogen (secondary N) is 1. The third-order valence-corrected chi connectivity index (χ3v) is 7.55. The van der Waals surface area contributed by atoms with Crippen LogP contribution in [0, 0.1) is 5.92 Å². The van der Waals surface area contributed by atoms with Crippen LogP contribution in [0.4, 0.5) is 0 Å². The number of aromatic nitrogens is 2. The van der Waals surface area contributed by atoms with Gasteiger partial charge in [-0.05, 0) is 66.3 Å². The maximum absolute atomic E-state index is 13.7. The largest absolute Gasteiger partial charge is 0.355 e. The highest BCUT2D eigenvalue weighted by Crippen LogP contribution is 2.26. The Hall–Kier alpha value is -3.64. The van der Waals surface area contributed by atoms with E-state index in [4.69, 9.17) is 11.6 Å². The van der Waals surface area contributed by atoms with E-state index in [-0.39, 0.29) is 23.7 Å². The van der Waals surface area contributed by atoms with Crippen molar-refractivity contribution in [3.05, 3.63) is 101 Å². The van der Waals surface area contributed by atoms with Crippen LogP contribution in [0.25, 0.3) is 10.9 Å². The predicted octanol–water partition coefficient (Wildman–Crippen LogP) is 5.51. The molecule has 2 aromatic carbocycles. The lowest BCUT2D eigenvalue weighted by molar-refractivity contribution is -0.126. The molecule has 7 heteroatoms. The van der Waals surface area contributed by atoms with Gasteiger partial charge in [-0.25, -0.2) is 0 Å². The number of likely N-dealkylation sites (tertiary alicyclic amines) is 1. The van der Waals surface area contributed by atoms with Crippen molar-refractivity contribution in [2.45, 2.75) is 32.2 Å². The number of benzene rings is 2. The minimum atomic E-state index is -0.0754. The molecule has 1 saturated heterocycles. The normalized spacial score (nSPS) is 15.0. The monoisotopic (exact) mass is 514 g/mol. The van der Waals surface area contributed by atoms with Gasteiger partial charge in [-0.1, -0.05) is 48.9 Å². The van der Waals surface area contributed by atoms with Crippen LogP contribution in [-0.2, 0) is 11.3 Å². The van der Waals surface area contributed by atoms with E-state index in [0.717, 1.165) is 22.0 Å². The molecule has 1 aliphatic rings. The Balaban J connectivity index is 1.24. The van der Waals surface area contributed by atoms with Crippen molar-refractivity contribution in [1.82, 2.24) is 19.8 Å². The molecule has 2 amide bonds. The van der Waals surface area contributed by atoms with Crippen molar-refractivity contribution in [3.63, 3.8) is 0 Å². The Morgan fingerprint density at radius 3 is 2.46 bits per heavy atom. The van der Waals surface area contributed by atoms with Crippen LogP contribution in [-0.4, -0.2) is 45.9 Å². The number of carbonyl (C=O) groups is 2. The van der Waals surface area contributed by atoms with Crippen LogP contribution in [0.3, 0.4) is 0 Å². The van der Waals surface area contributed by atoms with Gasteiger partial charge in [0, 0.05) is 60.4 Å². The molecule has 1 fully saturated rings. The summed E-state index contributed by atoms with van der Waals surface area (Å²) in [6.45, 7) is 4.41. The topological polar surface area (TPSA) is 67.2 Å². The van der Waals surface area contributed by atoms with Gasteiger partial charge in [0.1, 0.15) is 5.69 Å². The van der Waals surface area contributed by atoms with Crippen molar-refractivity contribution >= 4 is 34.3 Å². The number of pyridine rings is 1. The molecule has 190 valence electrons. The highest BCUT2D eigenvalue weighted by atomic mass is 35.5. The van der Waals surface area contributed by atoms with Gasteiger partial charge < -0.3 is 14.8 Å². The summed E-state index contributed by atoms with van der Waals surface area (Å²) in [6.07, 6.45) is 4.88. The zero-order valence-corrected chi connectivity index (χ0v) is 21.7. The molecular formula is C30H31ClN4O2. The van der Waals surface area contributed by atoms with Gasteiger partial charge in [-0.2, -0.15) is 0 Å². The minimum Gasteiger partial charge on any atom is -0.355 e. The zero-order valence-electron chi connectivity index (χ0n) is 20.9. The first-order chi connectivity index (χ1) is 18.0. The molecule has 1 aliphatic heterocycles. The maximum Gasteiger partial charge on any atom is 0.270 e. The van der Waals surface area contributed by atoms with E-state index >= 15 is 0 Å². The summed E-state index contributed by atoms with van der Waals surface area (Å²) in [4.78, 5) is 32.4. The van der Waals surface area contributed by atoms with E-state index in [9.17, 15) is 9.59 Å². The van der Waals surface area contributed by atoms with Crippen LogP contribution < -0.4 is 5.32 Å². The summed E-state index contributed by atoms with van der Waals surface area (Å²) < 4.78 is 2.08. The van der Waals surface area contributed by atoms with E-state index < -0.39 is 0 Å². The molecule has 37 heavy (non-hydrogen) atoms. The third kappa shape index (κ3) is 5.70. The maximum atomic E-state index is 13.7. The molecule has 0 aliphatic carbocycles. The molecule has 1 atom stereocenters. The first kappa shape index (κ1) is 25.0. The number of hydrogen-bond acceptors (Lipinski definition) is 3. The molecule has 1 N–H and O–H groups in total. The van der Waals surface area contributed by atoms with Gasteiger partial charge in [-0.3, -0.25) is 14.6 Å². The molecule has 0 bridgehead atoms. The van der Waals surface area contributed by atoms with Crippen LogP contribution in [0.2, 0.25) is 5.02 Å². The summed E-state index contributed by atoms with van der Waals surface area (Å²) in [5.74, 6) is 0.227. The minimum absolute atomic E-state index is 0.00957. The fourth-order valence-electron chi connectivity index (χ4n) is 5.04. The summed E-state index contributed by atoms with van der Waals surface area (Å²) in [6, 6.07) is 21.7. The third-order valence-electron chi connectivity index (χ3n) is 7.29. The van der Waals surface area contributed by atoms with E-state index in [1.54, 1.807) is 12.4 Å². The average Bonchev–Trinajstić information content (AvgIpc) is 3.31. The highest BCUT2D eigenvalue weighted by Gasteiger charge is 2.29. The Labute approximate surface area is 222 Å². The standard InChI is InChI=1S/C30H31ClN4O2/c1-21(23-10-14-32-15-11-23)19-33-29(36)24-12-16-34(17-13-24)30(37)28-18-25-4-2-3-5-27(25)35(28)20-22-6-8-26(31)9-7-22/h2-11,14-15,18,21,24H,12-13,16-17,19-20H2,1H3,(H,33,36). The smallest absolute Gasteiger partial charge is 0.270 e. The number of fused-ring (bicyclic) bond motifs is 1. The van der Waals surface area contributed by atoms with Crippen molar-refractivity contribution in [1.29, 1.82) is 0 Å².